The molecule has 0 spiro atoms. The van der Waals surface area contributed by atoms with Crippen LogP contribution in [0.4, 0.5) is 5.69 Å². The number of aryl methyl sites for hydroxylation is 1. The van der Waals surface area contributed by atoms with E-state index in [2.05, 4.69) is 10.6 Å². The van der Waals surface area contributed by atoms with Gasteiger partial charge in [-0.25, -0.2) is 0 Å². The van der Waals surface area contributed by atoms with Crippen molar-refractivity contribution < 1.29 is 33.3 Å². The average Bonchev–Trinajstić information content (AvgIpc) is 3.47. The number of benzene rings is 2. The molecule has 3 aromatic carbocycles. The van der Waals surface area contributed by atoms with E-state index in [1.54, 1.807) is 47.7 Å². The number of nitrogens with zero attached hydrogens (tertiary/aromatic N) is 1. The number of anilines is 1. The van der Waals surface area contributed by atoms with Gasteiger partial charge in [0.25, 0.3) is 0 Å². The molecule has 11 nitrogen and oxygen atoms in total. The zero-order valence-electron chi connectivity index (χ0n) is 29.6. The molecule has 1 heterocycles. The van der Waals surface area contributed by atoms with Gasteiger partial charge < -0.3 is 39.2 Å². The Balaban J connectivity index is 1.58. The molecule has 1 aliphatic carbocycles. The topological polar surface area (TPSA) is 125 Å². The maximum absolute atomic E-state index is 14.3. The molecule has 1 saturated heterocycles. The average molecular weight is 674 g/mol. The van der Waals surface area contributed by atoms with Gasteiger partial charge >= 0.3 is 0 Å². The van der Waals surface area contributed by atoms with Gasteiger partial charge in [0, 0.05) is 30.7 Å². The molecule has 0 aromatic heterocycles. The van der Waals surface area contributed by atoms with Crippen LogP contribution in [-0.2, 0) is 16.0 Å². The molecule has 11 heteroatoms. The summed E-state index contributed by atoms with van der Waals surface area (Å²) in [7, 11) is 7.90. The smallest absolute Gasteiger partial charge is 0.245 e. The van der Waals surface area contributed by atoms with Crippen LogP contribution >= 0.6 is 0 Å². The number of rotatable bonds is 11. The fourth-order valence-corrected chi connectivity index (χ4v) is 7.13. The number of hydrogen-bond acceptors (Lipinski definition) is 9. The van der Waals surface area contributed by atoms with Crippen molar-refractivity contribution in [2.24, 2.45) is 5.92 Å². The van der Waals surface area contributed by atoms with E-state index >= 15 is 0 Å². The molecule has 49 heavy (non-hydrogen) atoms. The first-order valence-electron chi connectivity index (χ1n) is 16.6. The number of nitrogens with one attached hydrogen (secondary N) is 2. The molecule has 2 N–H and O–H groups in total. The Morgan fingerprint density at radius 1 is 0.837 bits per heavy atom. The van der Waals surface area contributed by atoms with Crippen LogP contribution in [0.5, 0.6) is 28.7 Å². The molecule has 3 atom stereocenters. The molecular weight excluding hydrogens is 626 g/mol. The van der Waals surface area contributed by atoms with E-state index in [-0.39, 0.29) is 34.9 Å². The third-order valence-corrected chi connectivity index (χ3v) is 9.50. The molecule has 2 amide bonds. The van der Waals surface area contributed by atoms with E-state index in [0.717, 1.165) is 29.5 Å². The van der Waals surface area contributed by atoms with Crippen LogP contribution in [0.1, 0.15) is 68.8 Å². The van der Waals surface area contributed by atoms with Crippen molar-refractivity contribution in [2.75, 3.05) is 47.4 Å². The minimum absolute atomic E-state index is 0.0946. The van der Waals surface area contributed by atoms with Crippen LogP contribution in [-0.4, -0.2) is 64.8 Å². The molecule has 0 bridgehead atoms. The Kier molecular flexibility index (Phi) is 10.9. The van der Waals surface area contributed by atoms with Crippen molar-refractivity contribution in [3.05, 3.63) is 69.4 Å². The van der Waals surface area contributed by atoms with Crippen LogP contribution in [0, 0.1) is 5.92 Å². The Hall–Kier alpha value is -4.93. The molecule has 262 valence electrons. The van der Waals surface area contributed by atoms with Gasteiger partial charge in [-0.3, -0.25) is 14.4 Å². The molecule has 1 aliphatic heterocycles. The van der Waals surface area contributed by atoms with Crippen molar-refractivity contribution in [3.63, 3.8) is 0 Å². The van der Waals surface area contributed by atoms with Gasteiger partial charge in [-0.15, -0.1) is 0 Å². The Morgan fingerprint density at radius 2 is 1.57 bits per heavy atom. The summed E-state index contributed by atoms with van der Waals surface area (Å²) in [6.07, 6.45) is 2.77. The number of methoxy groups -OCH3 is 5. The third kappa shape index (κ3) is 6.97. The second-order valence-electron chi connectivity index (χ2n) is 12.8. The molecule has 0 saturated carbocycles. The largest absolute Gasteiger partial charge is 0.497 e. The number of amides is 2. The number of ether oxygens (including phenoxy) is 5. The highest BCUT2D eigenvalue weighted by atomic mass is 16.5. The van der Waals surface area contributed by atoms with Gasteiger partial charge in [-0.2, -0.15) is 0 Å². The van der Waals surface area contributed by atoms with Crippen LogP contribution in [0.2, 0.25) is 0 Å². The molecule has 3 aromatic rings. The number of carbonyl (C=O) groups excluding carboxylic acids is 2. The van der Waals surface area contributed by atoms with E-state index in [1.807, 2.05) is 49.1 Å². The van der Waals surface area contributed by atoms with E-state index in [4.69, 9.17) is 23.7 Å². The summed E-state index contributed by atoms with van der Waals surface area (Å²) in [4.78, 5) is 42.6. The minimum Gasteiger partial charge on any atom is -0.497 e. The zero-order chi connectivity index (χ0) is 35.4. The van der Waals surface area contributed by atoms with Crippen LogP contribution < -0.4 is 39.7 Å². The van der Waals surface area contributed by atoms with E-state index in [0.29, 0.717) is 59.3 Å². The normalized spacial score (nSPS) is 17.3. The number of carbonyl (C=O) groups is 2. The second-order valence-corrected chi connectivity index (χ2v) is 12.8. The van der Waals surface area contributed by atoms with Gasteiger partial charge in [0.1, 0.15) is 17.5 Å². The summed E-state index contributed by atoms with van der Waals surface area (Å²) >= 11 is 0. The Labute approximate surface area is 287 Å². The standard InChI is InChI=1S/C38H47N3O8/c1-21(2)35(38(44)41-17-9-10-30(41)26-13-12-24(45-4)19-32(26)46-5)40-29-16-14-25-27(20-31(29)43)28(39-22(3)42)15-11-23-18-33(47-6)36(48-7)37(49-8)34(23)25/h12-14,16,18-21,28,30,35H,9-11,15,17H2,1-8H3,(H,39,42)(H,40,43)/t28-,30+,35-/m0/s1. The highest BCUT2D eigenvalue weighted by Gasteiger charge is 2.37. The lowest BCUT2D eigenvalue weighted by molar-refractivity contribution is -0.134. The number of hydrogen-bond donors (Lipinski definition) is 2. The zero-order valence-corrected chi connectivity index (χ0v) is 29.6. The molecule has 2 aliphatic rings. The van der Waals surface area contributed by atoms with Crippen molar-refractivity contribution in [1.29, 1.82) is 0 Å². The monoisotopic (exact) mass is 673 g/mol. The van der Waals surface area contributed by atoms with E-state index in [1.165, 1.54) is 6.92 Å². The van der Waals surface area contributed by atoms with Gasteiger partial charge in [-0.1, -0.05) is 19.9 Å². The first-order valence-corrected chi connectivity index (χ1v) is 16.6. The van der Waals surface area contributed by atoms with Crippen molar-refractivity contribution in [3.8, 4) is 39.9 Å². The van der Waals surface area contributed by atoms with Crippen LogP contribution in [0.3, 0.4) is 0 Å². The van der Waals surface area contributed by atoms with Crippen molar-refractivity contribution in [2.45, 2.75) is 64.6 Å². The number of likely N-dealkylation sites (tertiary alicyclic amines) is 1. The first-order chi connectivity index (χ1) is 23.6. The van der Waals surface area contributed by atoms with Gasteiger partial charge in [-0.05, 0) is 78.6 Å². The lowest BCUT2D eigenvalue weighted by atomic mass is 9.95. The summed E-state index contributed by atoms with van der Waals surface area (Å²) in [5, 5.41) is 6.37. The molecule has 1 fully saturated rings. The number of fused-ring (bicyclic) bond motifs is 3. The van der Waals surface area contributed by atoms with Crippen LogP contribution in [0.15, 0.2) is 47.3 Å². The SMILES string of the molecule is COc1ccc([C@H]2CCCN2C(=O)[C@@H](Nc2ccc3c(cc2=O)[C@@H](NC(C)=O)CCc2cc(OC)c(OC)c(OC)c2-3)C(C)C)c(OC)c1. The quantitative estimate of drug-likeness (QED) is 0.265. The maximum Gasteiger partial charge on any atom is 0.245 e. The summed E-state index contributed by atoms with van der Waals surface area (Å²) in [5.41, 5.74) is 3.95. The summed E-state index contributed by atoms with van der Waals surface area (Å²) in [6, 6.07) is 11.4. The van der Waals surface area contributed by atoms with E-state index < -0.39 is 12.1 Å². The lowest BCUT2D eigenvalue weighted by Gasteiger charge is -2.32. The molecule has 0 radical (unpaired) electrons. The molecular formula is C38H47N3O8. The van der Waals surface area contributed by atoms with Crippen molar-refractivity contribution >= 4 is 17.5 Å². The predicted molar refractivity (Wildman–Crippen MR) is 188 cm³/mol. The minimum atomic E-state index is -0.683. The fourth-order valence-electron chi connectivity index (χ4n) is 7.13. The molecule has 5 rings (SSSR count). The van der Waals surface area contributed by atoms with Crippen molar-refractivity contribution in [1.82, 2.24) is 10.2 Å². The van der Waals surface area contributed by atoms with Gasteiger partial charge in [0.2, 0.25) is 23.0 Å². The third-order valence-electron chi connectivity index (χ3n) is 9.50. The second kappa shape index (κ2) is 15.1. The fraction of sp³-hybridized carbons (Fsp3) is 0.447. The summed E-state index contributed by atoms with van der Waals surface area (Å²) < 4.78 is 28.3. The summed E-state index contributed by atoms with van der Waals surface area (Å²) in [6.45, 7) is 5.98. The predicted octanol–water partition coefficient (Wildman–Crippen LogP) is 5.68. The van der Waals surface area contributed by atoms with Gasteiger partial charge in [0.05, 0.1) is 53.3 Å². The maximum atomic E-state index is 14.3. The molecule has 0 unspecified atom stereocenters. The van der Waals surface area contributed by atoms with Crippen LogP contribution in [0.25, 0.3) is 11.1 Å². The highest BCUT2D eigenvalue weighted by molar-refractivity contribution is 5.87. The Morgan fingerprint density at radius 3 is 2.20 bits per heavy atom. The van der Waals surface area contributed by atoms with E-state index in [9.17, 15) is 14.4 Å². The first kappa shape index (κ1) is 35.4. The summed E-state index contributed by atoms with van der Waals surface area (Å²) in [5.74, 6) is 2.32. The Bertz CT molecular complexity index is 1770. The van der Waals surface area contributed by atoms with Gasteiger partial charge in [0.15, 0.2) is 11.5 Å². The lowest BCUT2D eigenvalue weighted by Crippen LogP contribution is -2.46. The highest BCUT2D eigenvalue weighted by Crippen LogP contribution is 2.50.